The van der Waals surface area contributed by atoms with Gasteiger partial charge in [-0.15, -0.1) is 10.2 Å². The number of carbonyl (C=O) groups is 2. The molecule has 13 heteroatoms. The minimum atomic E-state index is -4.52. The van der Waals surface area contributed by atoms with Crippen molar-refractivity contribution in [2.45, 2.75) is 31.4 Å². The summed E-state index contributed by atoms with van der Waals surface area (Å²) in [5.41, 5.74) is -1.45. The molecule has 0 aliphatic heterocycles. The molecule has 1 aliphatic rings. The van der Waals surface area contributed by atoms with E-state index in [1.807, 2.05) is 0 Å². The van der Waals surface area contributed by atoms with Gasteiger partial charge in [0.1, 0.15) is 5.01 Å². The first kappa shape index (κ1) is 23.5. The van der Waals surface area contributed by atoms with Crippen LogP contribution < -0.4 is 5.32 Å². The number of alkyl halides is 2. The summed E-state index contributed by atoms with van der Waals surface area (Å²) in [6, 6.07) is 1.07. The van der Waals surface area contributed by atoms with Gasteiger partial charge < -0.3 is 5.11 Å². The lowest BCUT2D eigenvalue weighted by molar-refractivity contribution is -0.143. The van der Waals surface area contributed by atoms with Gasteiger partial charge in [0, 0.05) is 11.5 Å². The largest absolute Gasteiger partial charge is 0.465 e. The van der Waals surface area contributed by atoms with Crippen LogP contribution in [-0.4, -0.2) is 32.2 Å². The maximum absolute atomic E-state index is 14.8. The SMILES string of the molecule is O=C(Nc1nnc(C2CC2)s1)c1ccc(CN(C(=O)O)C(F)(F)c2ccc(F)c(F)c2F)cc1. The van der Waals surface area contributed by atoms with Gasteiger partial charge in [-0.3, -0.25) is 10.1 Å². The molecule has 1 heterocycles. The number of benzene rings is 2. The molecule has 0 atom stereocenters. The first-order chi connectivity index (χ1) is 16.1. The molecular formula is C21H15F5N4O3S. The van der Waals surface area contributed by atoms with Crippen LogP contribution in [0.5, 0.6) is 0 Å². The van der Waals surface area contributed by atoms with Crippen molar-refractivity contribution in [2.75, 3.05) is 5.32 Å². The zero-order valence-corrected chi connectivity index (χ0v) is 17.9. The number of nitrogens with one attached hydrogen (secondary N) is 1. The average molecular weight is 498 g/mol. The van der Waals surface area contributed by atoms with Crippen LogP contribution in [-0.2, 0) is 12.6 Å². The summed E-state index contributed by atoms with van der Waals surface area (Å²) in [4.78, 5) is 23.5. The first-order valence-electron chi connectivity index (χ1n) is 9.84. The highest BCUT2D eigenvalue weighted by Gasteiger charge is 2.45. The van der Waals surface area contributed by atoms with Gasteiger partial charge in [0.05, 0.1) is 12.1 Å². The van der Waals surface area contributed by atoms with Crippen molar-refractivity contribution in [1.82, 2.24) is 15.1 Å². The Morgan fingerprint density at radius 1 is 1.06 bits per heavy atom. The third-order valence-corrected chi connectivity index (χ3v) is 6.07. The second-order valence-electron chi connectivity index (χ2n) is 7.50. The number of anilines is 1. The van der Waals surface area contributed by atoms with E-state index in [-0.39, 0.29) is 23.3 Å². The Labute approximate surface area is 192 Å². The van der Waals surface area contributed by atoms with E-state index >= 15 is 0 Å². The molecule has 0 unspecified atom stereocenters. The smallest absolute Gasteiger partial charge is 0.412 e. The summed E-state index contributed by atoms with van der Waals surface area (Å²) < 4.78 is 70.0. The lowest BCUT2D eigenvalue weighted by Crippen LogP contribution is -2.43. The van der Waals surface area contributed by atoms with E-state index in [0.29, 0.717) is 11.0 Å². The van der Waals surface area contributed by atoms with E-state index in [1.165, 1.54) is 35.6 Å². The number of carbonyl (C=O) groups excluding carboxylic acids is 1. The molecule has 178 valence electrons. The van der Waals surface area contributed by atoms with Crippen molar-refractivity contribution in [2.24, 2.45) is 0 Å². The summed E-state index contributed by atoms with van der Waals surface area (Å²) in [6.45, 7) is -0.927. The van der Waals surface area contributed by atoms with E-state index in [0.717, 1.165) is 17.8 Å². The second kappa shape index (κ2) is 8.97. The van der Waals surface area contributed by atoms with Gasteiger partial charge in [0.25, 0.3) is 5.91 Å². The van der Waals surface area contributed by atoms with Gasteiger partial charge in [-0.25, -0.2) is 22.9 Å². The molecule has 2 amide bonds. The van der Waals surface area contributed by atoms with Crippen molar-refractivity contribution in [3.05, 3.63) is 75.5 Å². The fourth-order valence-electron chi connectivity index (χ4n) is 3.08. The molecule has 7 nitrogen and oxygen atoms in total. The minimum Gasteiger partial charge on any atom is -0.465 e. The highest BCUT2D eigenvalue weighted by molar-refractivity contribution is 7.15. The molecule has 2 N–H and O–H groups in total. The highest BCUT2D eigenvalue weighted by atomic mass is 32.1. The third-order valence-electron chi connectivity index (χ3n) is 5.07. The summed E-state index contributed by atoms with van der Waals surface area (Å²) in [5, 5.41) is 20.9. The van der Waals surface area contributed by atoms with Gasteiger partial charge in [-0.05, 0) is 42.7 Å². The molecule has 3 aromatic rings. The van der Waals surface area contributed by atoms with E-state index in [4.69, 9.17) is 0 Å². The zero-order valence-electron chi connectivity index (χ0n) is 17.1. The van der Waals surface area contributed by atoms with Crippen LogP contribution >= 0.6 is 11.3 Å². The molecule has 4 rings (SSSR count). The van der Waals surface area contributed by atoms with Gasteiger partial charge in [-0.1, -0.05) is 23.5 Å². The van der Waals surface area contributed by atoms with Crippen LogP contribution in [0.1, 0.15) is 45.3 Å². The van der Waals surface area contributed by atoms with Crippen molar-refractivity contribution in [1.29, 1.82) is 0 Å². The van der Waals surface area contributed by atoms with Crippen LogP contribution in [0, 0.1) is 17.5 Å². The Balaban J connectivity index is 1.49. The minimum absolute atomic E-state index is 0.0357. The molecular weight excluding hydrogens is 483 g/mol. The topological polar surface area (TPSA) is 95.4 Å². The molecule has 0 spiro atoms. The van der Waals surface area contributed by atoms with Crippen LogP contribution in [0.3, 0.4) is 0 Å². The Bertz CT molecular complexity index is 1250. The van der Waals surface area contributed by atoms with Crippen LogP contribution in [0.25, 0.3) is 0 Å². The molecule has 1 aliphatic carbocycles. The number of hydrogen-bond donors (Lipinski definition) is 2. The maximum Gasteiger partial charge on any atom is 0.412 e. The molecule has 0 bridgehead atoms. The first-order valence-corrected chi connectivity index (χ1v) is 10.7. The van der Waals surface area contributed by atoms with Gasteiger partial charge in [0.15, 0.2) is 17.5 Å². The number of aromatic nitrogens is 2. The molecule has 0 radical (unpaired) electrons. The summed E-state index contributed by atoms with van der Waals surface area (Å²) in [6.07, 6.45) is -0.0723. The second-order valence-corrected chi connectivity index (χ2v) is 8.51. The normalized spacial score (nSPS) is 13.6. The summed E-state index contributed by atoms with van der Waals surface area (Å²) >= 11 is 1.25. The van der Waals surface area contributed by atoms with Crippen molar-refractivity contribution >= 4 is 28.5 Å². The van der Waals surface area contributed by atoms with Crippen LogP contribution in [0.4, 0.5) is 31.9 Å². The molecule has 2 aromatic carbocycles. The van der Waals surface area contributed by atoms with E-state index in [9.17, 15) is 36.6 Å². The third kappa shape index (κ3) is 4.69. The summed E-state index contributed by atoms with van der Waals surface area (Å²) in [7, 11) is 0. The average Bonchev–Trinajstić information content (AvgIpc) is 3.54. The number of halogens is 5. The van der Waals surface area contributed by atoms with Gasteiger partial charge >= 0.3 is 12.1 Å². The van der Waals surface area contributed by atoms with E-state index in [2.05, 4.69) is 15.5 Å². The summed E-state index contributed by atoms with van der Waals surface area (Å²) in [5.74, 6) is -6.18. The van der Waals surface area contributed by atoms with Crippen molar-refractivity contribution in [3.8, 4) is 0 Å². The molecule has 0 saturated heterocycles. The van der Waals surface area contributed by atoms with Crippen LogP contribution in [0.2, 0.25) is 0 Å². The predicted octanol–water partition coefficient (Wildman–Crippen LogP) is 5.31. The standard InChI is InChI=1S/C21H15F5N4O3S/c22-14-8-7-13(15(23)16(14)24)21(25,26)30(20(32)33)9-10-1-3-11(4-2-10)17(31)27-19-29-28-18(34-19)12-5-6-12/h1-4,7-8,12H,5-6,9H2,(H,32,33)(H,27,29,31). The molecule has 34 heavy (non-hydrogen) atoms. The Hall–Kier alpha value is -3.61. The Kier molecular flexibility index (Phi) is 6.21. The van der Waals surface area contributed by atoms with E-state index < -0.39 is 52.5 Å². The highest BCUT2D eigenvalue weighted by Crippen LogP contribution is 2.42. The lowest BCUT2D eigenvalue weighted by Gasteiger charge is -2.29. The molecule has 1 fully saturated rings. The van der Waals surface area contributed by atoms with Crippen LogP contribution in [0.15, 0.2) is 36.4 Å². The van der Waals surface area contributed by atoms with Crippen molar-refractivity contribution < 1.29 is 36.6 Å². The Morgan fingerprint density at radius 3 is 2.35 bits per heavy atom. The maximum atomic E-state index is 14.8. The number of rotatable bonds is 7. The predicted molar refractivity (Wildman–Crippen MR) is 110 cm³/mol. The van der Waals surface area contributed by atoms with E-state index in [1.54, 1.807) is 0 Å². The van der Waals surface area contributed by atoms with Gasteiger partial charge in [0.2, 0.25) is 5.13 Å². The quantitative estimate of drug-likeness (QED) is 0.261. The fourth-order valence-corrected chi connectivity index (χ4v) is 3.99. The zero-order chi connectivity index (χ0) is 24.6. The monoisotopic (exact) mass is 498 g/mol. The number of nitrogens with zero attached hydrogens (tertiary/aromatic N) is 3. The number of amides is 2. The van der Waals surface area contributed by atoms with Gasteiger partial charge in [-0.2, -0.15) is 8.78 Å². The van der Waals surface area contributed by atoms with Crippen molar-refractivity contribution in [3.63, 3.8) is 0 Å². The molecule has 1 aromatic heterocycles. The lowest BCUT2D eigenvalue weighted by atomic mass is 10.1. The fraction of sp³-hybridized carbons (Fsp3) is 0.238. The molecule has 1 saturated carbocycles. The number of carboxylic acid groups (broad SMARTS) is 1. The number of hydrogen-bond acceptors (Lipinski definition) is 5. The Morgan fingerprint density at radius 2 is 1.74 bits per heavy atom.